The van der Waals surface area contributed by atoms with E-state index in [1.807, 2.05) is 0 Å². The predicted octanol–water partition coefficient (Wildman–Crippen LogP) is 3.54. The highest BCUT2D eigenvalue weighted by Gasteiger charge is 2.37. The third kappa shape index (κ3) is 4.99. The zero-order valence-electron chi connectivity index (χ0n) is 15.5. The molecule has 2 aromatic carbocycles. The minimum Gasteiger partial charge on any atom is -0.495 e. The number of hydrogen-bond donors (Lipinski definition) is 1. The number of benzene rings is 2. The molecule has 1 fully saturated rings. The fourth-order valence-corrected chi connectivity index (χ4v) is 3.40. The minimum absolute atomic E-state index is 0.00616. The van der Waals surface area contributed by atoms with E-state index in [1.165, 1.54) is 18.1 Å². The molecule has 1 saturated heterocycles. The fourth-order valence-electron chi connectivity index (χ4n) is 2.99. The summed E-state index contributed by atoms with van der Waals surface area (Å²) in [6, 6.07) is 11.6. The summed E-state index contributed by atoms with van der Waals surface area (Å²) in [4.78, 5) is 38.2. The van der Waals surface area contributed by atoms with Crippen LogP contribution in [0.1, 0.15) is 6.42 Å². The SMILES string of the molecule is COc1ccc(Cl)cc1NC(=O)COC(=O)[C@@H]1CC(=O)N(c2ccccc2Cl)C1. The Morgan fingerprint density at radius 3 is 2.69 bits per heavy atom. The van der Waals surface area contributed by atoms with Crippen LogP contribution in [-0.4, -0.2) is 38.0 Å². The molecular formula is C20H18Cl2N2O5. The van der Waals surface area contributed by atoms with Crippen LogP contribution in [0.4, 0.5) is 11.4 Å². The maximum Gasteiger partial charge on any atom is 0.311 e. The van der Waals surface area contributed by atoms with Crippen molar-refractivity contribution >= 4 is 52.4 Å². The molecule has 1 heterocycles. The van der Waals surface area contributed by atoms with E-state index < -0.39 is 24.4 Å². The summed E-state index contributed by atoms with van der Waals surface area (Å²) >= 11 is 12.1. The third-order valence-corrected chi connectivity index (χ3v) is 4.94. The fraction of sp³-hybridized carbons (Fsp3) is 0.250. The van der Waals surface area contributed by atoms with Crippen LogP contribution in [0, 0.1) is 5.92 Å². The number of hydrogen-bond acceptors (Lipinski definition) is 5. The monoisotopic (exact) mass is 436 g/mol. The topological polar surface area (TPSA) is 84.9 Å². The van der Waals surface area contributed by atoms with Crippen molar-refractivity contribution in [2.75, 3.05) is 30.5 Å². The van der Waals surface area contributed by atoms with E-state index in [0.717, 1.165) is 0 Å². The summed E-state index contributed by atoms with van der Waals surface area (Å²) < 4.78 is 10.2. The molecule has 2 amide bonds. The highest BCUT2D eigenvalue weighted by molar-refractivity contribution is 6.34. The van der Waals surface area contributed by atoms with E-state index in [4.69, 9.17) is 32.7 Å². The number of esters is 1. The van der Waals surface area contributed by atoms with Crippen LogP contribution in [0.2, 0.25) is 10.0 Å². The Labute approximate surface area is 177 Å². The first-order valence-corrected chi connectivity index (χ1v) is 9.49. The number of rotatable bonds is 6. The summed E-state index contributed by atoms with van der Waals surface area (Å²) in [5.74, 6) is -1.65. The lowest BCUT2D eigenvalue weighted by Gasteiger charge is -2.17. The lowest BCUT2D eigenvalue weighted by Crippen LogP contribution is -2.28. The molecule has 0 radical (unpaired) electrons. The van der Waals surface area contributed by atoms with Crippen molar-refractivity contribution in [2.45, 2.75) is 6.42 Å². The van der Waals surface area contributed by atoms with E-state index in [2.05, 4.69) is 5.32 Å². The predicted molar refractivity (Wildman–Crippen MR) is 110 cm³/mol. The quantitative estimate of drug-likeness (QED) is 0.699. The van der Waals surface area contributed by atoms with E-state index >= 15 is 0 Å². The molecule has 9 heteroatoms. The Morgan fingerprint density at radius 1 is 1.21 bits per heavy atom. The molecule has 0 aromatic heterocycles. The van der Waals surface area contributed by atoms with E-state index in [-0.39, 0.29) is 18.9 Å². The van der Waals surface area contributed by atoms with E-state index in [9.17, 15) is 14.4 Å². The Hall–Kier alpha value is -2.77. The molecule has 1 atom stereocenters. The molecule has 152 valence electrons. The molecule has 0 unspecified atom stereocenters. The van der Waals surface area contributed by atoms with Gasteiger partial charge in [0.2, 0.25) is 5.91 Å². The van der Waals surface area contributed by atoms with Gasteiger partial charge in [0, 0.05) is 18.0 Å². The number of amides is 2. The first-order chi connectivity index (χ1) is 13.9. The lowest BCUT2D eigenvalue weighted by atomic mass is 10.1. The number of nitrogens with one attached hydrogen (secondary N) is 1. The number of carbonyl (C=O) groups is 3. The molecule has 0 spiro atoms. The number of methoxy groups -OCH3 is 1. The Kier molecular flexibility index (Phi) is 6.61. The highest BCUT2D eigenvalue weighted by Crippen LogP contribution is 2.31. The summed E-state index contributed by atoms with van der Waals surface area (Å²) in [7, 11) is 1.46. The first kappa shape index (κ1) is 21.0. The molecule has 0 aliphatic carbocycles. The van der Waals surface area contributed by atoms with Gasteiger partial charge in [-0.05, 0) is 30.3 Å². The summed E-state index contributed by atoms with van der Waals surface area (Å²) in [5, 5.41) is 3.42. The van der Waals surface area contributed by atoms with Crippen LogP contribution < -0.4 is 15.0 Å². The molecule has 2 aromatic rings. The molecule has 3 rings (SSSR count). The van der Waals surface area contributed by atoms with Gasteiger partial charge < -0.3 is 19.7 Å². The van der Waals surface area contributed by atoms with Crippen molar-refractivity contribution in [3.63, 3.8) is 0 Å². The van der Waals surface area contributed by atoms with Gasteiger partial charge in [-0.2, -0.15) is 0 Å². The van der Waals surface area contributed by atoms with Gasteiger partial charge in [0.25, 0.3) is 5.91 Å². The van der Waals surface area contributed by atoms with Gasteiger partial charge in [0.15, 0.2) is 6.61 Å². The first-order valence-electron chi connectivity index (χ1n) is 8.74. The Morgan fingerprint density at radius 2 is 1.97 bits per heavy atom. The van der Waals surface area contributed by atoms with Crippen molar-refractivity contribution in [1.29, 1.82) is 0 Å². The Bertz CT molecular complexity index is 950. The number of para-hydroxylation sites is 1. The molecule has 0 bridgehead atoms. The second-order valence-electron chi connectivity index (χ2n) is 6.36. The largest absolute Gasteiger partial charge is 0.495 e. The smallest absolute Gasteiger partial charge is 0.311 e. The maximum absolute atomic E-state index is 12.3. The van der Waals surface area contributed by atoms with Gasteiger partial charge in [-0.1, -0.05) is 35.3 Å². The second-order valence-corrected chi connectivity index (χ2v) is 7.20. The number of halogens is 2. The van der Waals surface area contributed by atoms with Crippen molar-refractivity contribution in [2.24, 2.45) is 5.92 Å². The van der Waals surface area contributed by atoms with Crippen molar-refractivity contribution in [3.8, 4) is 5.75 Å². The normalized spacial score (nSPS) is 15.9. The second kappa shape index (κ2) is 9.15. The third-order valence-electron chi connectivity index (χ3n) is 4.38. The van der Waals surface area contributed by atoms with Gasteiger partial charge in [-0.15, -0.1) is 0 Å². The van der Waals surface area contributed by atoms with Gasteiger partial charge in [0.1, 0.15) is 5.75 Å². The molecule has 0 saturated carbocycles. The minimum atomic E-state index is -0.674. The zero-order chi connectivity index (χ0) is 21.0. The summed E-state index contributed by atoms with van der Waals surface area (Å²) in [6.07, 6.45) is -0.00616. The molecule has 7 nitrogen and oxygen atoms in total. The van der Waals surface area contributed by atoms with Crippen LogP contribution in [0.3, 0.4) is 0 Å². The van der Waals surface area contributed by atoms with Gasteiger partial charge in [-0.3, -0.25) is 14.4 Å². The number of nitrogens with zero attached hydrogens (tertiary/aromatic N) is 1. The number of carbonyl (C=O) groups excluding carboxylic acids is 3. The van der Waals surface area contributed by atoms with Crippen molar-refractivity contribution in [1.82, 2.24) is 0 Å². The molecule has 1 aliphatic rings. The number of anilines is 2. The van der Waals surface area contributed by atoms with Gasteiger partial charge >= 0.3 is 5.97 Å². The zero-order valence-corrected chi connectivity index (χ0v) is 17.0. The van der Waals surface area contributed by atoms with Crippen LogP contribution in [0.25, 0.3) is 0 Å². The average molecular weight is 437 g/mol. The molecular weight excluding hydrogens is 419 g/mol. The lowest BCUT2D eigenvalue weighted by molar-refractivity contribution is -0.151. The van der Waals surface area contributed by atoms with Gasteiger partial charge in [-0.25, -0.2) is 0 Å². The van der Waals surface area contributed by atoms with Gasteiger partial charge in [0.05, 0.1) is 29.4 Å². The van der Waals surface area contributed by atoms with E-state index in [0.29, 0.717) is 27.2 Å². The highest BCUT2D eigenvalue weighted by atomic mass is 35.5. The van der Waals surface area contributed by atoms with Crippen LogP contribution in [0.15, 0.2) is 42.5 Å². The summed E-state index contributed by atoms with van der Waals surface area (Å²) in [5.41, 5.74) is 0.905. The van der Waals surface area contributed by atoms with Crippen molar-refractivity contribution < 1.29 is 23.9 Å². The van der Waals surface area contributed by atoms with E-state index in [1.54, 1.807) is 36.4 Å². The molecule has 29 heavy (non-hydrogen) atoms. The average Bonchev–Trinajstić information content (AvgIpc) is 3.08. The summed E-state index contributed by atoms with van der Waals surface area (Å²) in [6.45, 7) is -0.351. The molecule has 1 N–H and O–H groups in total. The Balaban J connectivity index is 1.56. The maximum atomic E-state index is 12.3. The van der Waals surface area contributed by atoms with Crippen LogP contribution in [0.5, 0.6) is 5.75 Å². The van der Waals surface area contributed by atoms with Crippen LogP contribution in [-0.2, 0) is 19.1 Å². The van der Waals surface area contributed by atoms with Crippen LogP contribution >= 0.6 is 23.2 Å². The standard InChI is InChI=1S/C20H18Cl2N2O5/c1-28-17-7-6-13(21)9-15(17)23-18(25)11-29-20(27)12-8-19(26)24(10-12)16-5-3-2-4-14(16)22/h2-7,9,12H,8,10-11H2,1H3,(H,23,25)/t12-/m1/s1. The molecule has 1 aliphatic heterocycles. The van der Waals surface area contributed by atoms with Crippen molar-refractivity contribution in [3.05, 3.63) is 52.5 Å². The number of ether oxygens (including phenoxy) is 2.